The van der Waals surface area contributed by atoms with Gasteiger partial charge < -0.3 is 4.74 Å². The molecule has 2 unspecified atom stereocenters. The average Bonchev–Trinajstić information content (AvgIpc) is 2.54. The van der Waals surface area contributed by atoms with Gasteiger partial charge in [0, 0.05) is 6.61 Å². The summed E-state index contributed by atoms with van der Waals surface area (Å²) in [5.41, 5.74) is -0.0274. The minimum absolute atomic E-state index is 0.0274. The van der Waals surface area contributed by atoms with Crippen molar-refractivity contribution in [2.75, 3.05) is 13.3 Å². The summed E-state index contributed by atoms with van der Waals surface area (Å²) in [4.78, 5) is 0. The molecular weight excluding hydrogens is 318 g/mol. The van der Waals surface area contributed by atoms with Crippen LogP contribution in [-0.2, 0) is 4.74 Å². The smallest absolute Gasteiger partial charge is 0.128 e. The fourth-order valence-corrected chi connectivity index (χ4v) is 3.15. The summed E-state index contributed by atoms with van der Waals surface area (Å²) in [5, 5.41) is 0. The Morgan fingerprint density at radius 3 is 2.04 bits per heavy atom. The van der Waals surface area contributed by atoms with E-state index in [-0.39, 0.29) is 5.60 Å². The van der Waals surface area contributed by atoms with Gasteiger partial charge in [0.15, 0.2) is 0 Å². The normalized spacial score (nSPS) is 14.9. The van der Waals surface area contributed by atoms with Gasteiger partial charge in [-0.25, -0.2) is 8.78 Å². The van der Waals surface area contributed by atoms with E-state index in [0.717, 1.165) is 44.6 Å². The van der Waals surface area contributed by atoms with Gasteiger partial charge >= 0.3 is 0 Å². The molecule has 0 rings (SSSR count). The van der Waals surface area contributed by atoms with Crippen molar-refractivity contribution in [1.82, 2.24) is 0 Å². The van der Waals surface area contributed by atoms with Crippen molar-refractivity contribution in [2.45, 2.75) is 117 Å². The van der Waals surface area contributed by atoms with Crippen molar-refractivity contribution in [3.63, 3.8) is 0 Å². The summed E-state index contributed by atoms with van der Waals surface area (Å²) < 4.78 is 30.9. The molecule has 25 heavy (non-hydrogen) atoms. The highest BCUT2D eigenvalue weighted by Gasteiger charge is 2.18. The van der Waals surface area contributed by atoms with E-state index in [2.05, 4.69) is 34.6 Å². The SMILES string of the molecule is CC(C)CCCCCCC(C)(C)OCCC(C)CCCCC(F)CF. The van der Waals surface area contributed by atoms with Crippen LogP contribution in [0.1, 0.15) is 105 Å². The molecule has 1 nitrogen and oxygen atoms in total. The van der Waals surface area contributed by atoms with Crippen molar-refractivity contribution in [3.05, 3.63) is 0 Å². The van der Waals surface area contributed by atoms with E-state index in [9.17, 15) is 8.78 Å². The van der Waals surface area contributed by atoms with Gasteiger partial charge in [-0.05, 0) is 44.9 Å². The van der Waals surface area contributed by atoms with Crippen LogP contribution in [0.15, 0.2) is 0 Å². The van der Waals surface area contributed by atoms with Gasteiger partial charge in [0.1, 0.15) is 12.8 Å². The molecule has 0 saturated heterocycles. The van der Waals surface area contributed by atoms with Crippen LogP contribution < -0.4 is 0 Å². The van der Waals surface area contributed by atoms with Gasteiger partial charge in [0.05, 0.1) is 5.60 Å². The maximum Gasteiger partial charge on any atom is 0.128 e. The van der Waals surface area contributed by atoms with Crippen molar-refractivity contribution in [3.8, 4) is 0 Å². The third kappa shape index (κ3) is 17.0. The van der Waals surface area contributed by atoms with Gasteiger partial charge in [-0.2, -0.15) is 0 Å². The van der Waals surface area contributed by atoms with Gasteiger partial charge in [-0.1, -0.05) is 72.1 Å². The number of unbranched alkanes of at least 4 members (excludes halogenated alkanes) is 4. The highest BCUT2D eigenvalue weighted by molar-refractivity contribution is 4.69. The molecule has 0 fully saturated rings. The zero-order chi connectivity index (χ0) is 19.1. The highest BCUT2D eigenvalue weighted by atomic mass is 19.2. The maximum atomic E-state index is 12.8. The fourth-order valence-electron chi connectivity index (χ4n) is 3.15. The maximum absolute atomic E-state index is 12.8. The Kier molecular flexibility index (Phi) is 14.8. The minimum Gasteiger partial charge on any atom is -0.376 e. The molecule has 0 aromatic heterocycles. The van der Waals surface area contributed by atoms with Crippen LogP contribution in [-0.4, -0.2) is 25.1 Å². The molecule has 0 aromatic rings. The first-order valence-corrected chi connectivity index (χ1v) is 10.6. The Hall–Kier alpha value is -0.180. The summed E-state index contributed by atoms with van der Waals surface area (Å²) in [7, 11) is 0. The monoisotopic (exact) mass is 362 g/mol. The van der Waals surface area contributed by atoms with Crippen LogP contribution in [0, 0.1) is 11.8 Å². The topological polar surface area (TPSA) is 9.23 Å². The quantitative estimate of drug-likeness (QED) is 0.241. The predicted molar refractivity (Wildman–Crippen MR) is 106 cm³/mol. The molecule has 0 bridgehead atoms. The molecule has 3 heteroatoms. The predicted octanol–water partition coefficient (Wildman–Crippen LogP) is 7.67. The van der Waals surface area contributed by atoms with Crippen molar-refractivity contribution in [2.24, 2.45) is 11.8 Å². The van der Waals surface area contributed by atoms with E-state index in [1.165, 1.54) is 32.1 Å². The molecule has 152 valence electrons. The van der Waals surface area contributed by atoms with E-state index in [1.54, 1.807) is 0 Å². The van der Waals surface area contributed by atoms with Crippen LogP contribution in [0.25, 0.3) is 0 Å². The highest BCUT2D eigenvalue weighted by Crippen LogP contribution is 2.22. The second-order valence-electron chi connectivity index (χ2n) is 8.88. The van der Waals surface area contributed by atoms with E-state index >= 15 is 0 Å². The Morgan fingerprint density at radius 1 is 0.800 bits per heavy atom. The summed E-state index contributed by atoms with van der Waals surface area (Å²) in [6, 6.07) is 0. The number of ether oxygens (including phenoxy) is 1. The van der Waals surface area contributed by atoms with Crippen molar-refractivity contribution in [1.29, 1.82) is 0 Å². The standard InChI is InChI=1S/C22H44F2O/c1-19(2)12-8-6-7-11-16-22(4,5)25-17-15-20(3)13-9-10-14-21(24)18-23/h19-21H,6-18H2,1-5H3. The van der Waals surface area contributed by atoms with Crippen LogP contribution in [0.3, 0.4) is 0 Å². The van der Waals surface area contributed by atoms with Crippen LogP contribution >= 0.6 is 0 Å². The van der Waals surface area contributed by atoms with Crippen LogP contribution in [0.2, 0.25) is 0 Å². The lowest BCUT2D eigenvalue weighted by Gasteiger charge is -2.26. The molecule has 0 aliphatic heterocycles. The Labute approximate surface area is 156 Å². The molecule has 0 amide bonds. The van der Waals surface area contributed by atoms with Crippen LogP contribution in [0.5, 0.6) is 0 Å². The van der Waals surface area contributed by atoms with Crippen molar-refractivity contribution < 1.29 is 13.5 Å². The van der Waals surface area contributed by atoms with Gasteiger partial charge in [0.2, 0.25) is 0 Å². The molecule has 0 N–H and O–H groups in total. The third-order valence-corrected chi connectivity index (χ3v) is 5.05. The number of hydrogen-bond acceptors (Lipinski definition) is 1. The second-order valence-corrected chi connectivity index (χ2v) is 8.88. The summed E-state index contributed by atoms with van der Waals surface area (Å²) in [6.45, 7) is 11.2. The molecule has 2 atom stereocenters. The Bertz CT molecular complexity index is 292. The lowest BCUT2D eigenvalue weighted by atomic mass is 9.97. The summed E-state index contributed by atoms with van der Waals surface area (Å²) in [6.07, 6.45) is 10.7. The first-order chi connectivity index (χ1) is 11.8. The number of rotatable bonds is 17. The lowest BCUT2D eigenvalue weighted by Crippen LogP contribution is -2.25. The molecule has 0 heterocycles. The number of halogens is 2. The first-order valence-electron chi connectivity index (χ1n) is 10.6. The van der Waals surface area contributed by atoms with E-state index in [4.69, 9.17) is 4.74 Å². The largest absolute Gasteiger partial charge is 0.376 e. The van der Waals surface area contributed by atoms with Crippen LogP contribution in [0.4, 0.5) is 8.78 Å². The van der Waals surface area contributed by atoms with Gasteiger partial charge in [0.25, 0.3) is 0 Å². The molecule has 0 aromatic carbocycles. The van der Waals surface area contributed by atoms with E-state index in [1.807, 2.05) is 0 Å². The minimum atomic E-state index is -1.26. The van der Waals surface area contributed by atoms with Gasteiger partial charge in [-0.15, -0.1) is 0 Å². The lowest BCUT2D eigenvalue weighted by molar-refractivity contribution is -0.0302. The molecule has 0 aliphatic carbocycles. The molecular formula is C22H44F2O. The average molecular weight is 363 g/mol. The second kappa shape index (κ2) is 14.9. The van der Waals surface area contributed by atoms with E-state index in [0.29, 0.717) is 12.3 Å². The molecule has 0 spiro atoms. The first kappa shape index (κ1) is 24.8. The molecule has 0 saturated carbocycles. The zero-order valence-corrected chi connectivity index (χ0v) is 17.6. The zero-order valence-electron chi connectivity index (χ0n) is 17.6. The fraction of sp³-hybridized carbons (Fsp3) is 1.00. The van der Waals surface area contributed by atoms with Crippen molar-refractivity contribution >= 4 is 0 Å². The Morgan fingerprint density at radius 2 is 1.40 bits per heavy atom. The summed E-state index contributed by atoms with van der Waals surface area (Å²) in [5.74, 6) is 1.42. The molecule has 0 radical (unpaired) electrons. The third-order valence-electron chi connectivity index (χ3n) is 5.05. The van der Waals surface area contributed by atoms with E-state index < -0.39 is 12.8 Å². The Balaban J connectivity index is 3.59. The number of hydrogen-bond donors (Lipinski definition) is 0. The van der Waals surface area contributed by atoms with Gasteiger partial charge in [-0.3, -0.25) is 0 Å². The number of alkyl halides is 2. The summed E-state index contributed by atoms with van der Waals surface area (Å²) >= 11 is 0. The molecule has 0 aliphatic rings.